The minimum absolute atomic E-state index is 0.147. The molecule has 0 heterocycles. The third kappa shape index (κ3) is 4.83. The molecule has 0 aliphatic rings. The van der Waals surface area contributed by atoms with Crippen molar-refractivity contribution in [3.05, 3.63) is 59.7 Å². The molecule has 0 aliphatic heterocycles. The van der Waals surface area contributed by atoms with E-state index in [1.807, 2.05) is 30.3 Å². The summed E-state index contributed by atoms with van der Waals surface area (Å²) in [5.41, 5.74) is 6.52. The number of nitrogens with two attached hydrogens (primary N) is 1. The van der Waals surface area contributed by atoms with Gasteiger partial charge in [0.2, 0.25) is 5.91 Å². The van der Waals surface area contributed by atoms with Gasteiger partial charge in [0, 0.05) is 17.5 Å². The first-order chi connectivity index (χ1) is 12.2. The molecule has 2 rings (SSSR count). The first kappa shape index (κ1) is 19.5. The Bertz CT molecular complexity index is 788. The lowest BCUT2D eigenvalue weighted by Gasteiger charge is -2.31. The number of ketones is 1. The molecule has 6 heteroatoms. The molecular weight excluding hydrogens is 332 g/mol. The summed E-state index contributed by atoms with van der Waals surface area (Å²) in [6, 6.07) is 12.3. The monoisotopic (exact) mass is 356 g/mol. The Balaban J connectivity index is 1.98. The maximum Gasteiger partial charge on any atom is 0.224 e. The summed E-state index contributed by atoms with van der Waals surface area (Å²) in [6.07, 6.45) is 0.256. The van der Waals surface area contributed by atoms with Gasteiger partial charge in [0.1, 0.15) is 0 Å². The predicted octanol–water partition coefficient (Wildman–Crippen LogP) is 1.99. The van der Waals surface area contributed by atoms with Gasteiger partial charge in [0.15, 0.2) is 17.3 Å². The average molecular weight is 356 g/mol. The fourth-order valence-electron chi connectivity index (χ4n) is 2.49. The number of hydrogen-bond donors (Lipinski definition) is 4. The largest absolute Gasteiger partial charge is 0.504 e. The Morgan fingerprint density at radius 1 is 1.08 bits per heavy atom. The van der Waals surface area contributed by atoms with Crippen LogP contribution in [-0.4, -0.2) is 34.5 Å². The van der Waals surface area contributed by atoms with Crippen molar-refractivity contribution in [1.29, 1.82) is 0 Å². The molecule has 0 fully saturated rings. The zero-order chi connectivity index (χ0) is 19.3. The maximum atomic E-state index is 12.6. The summed E-state index contributed by atoms with van der Waals surface area (Å²) in [7, 11) is 0. The number of nitrogens with one attached hydrogen (secondary N) is 1. The number of phenols is 2. The van der Waals surface area contributed by atoms with Crippen LogP contribution in [0.2, 0.25) is 0 Å². The van der Waals surface area contributed by atoms with Gasteiger partial charge in [-0.3, -0.25) is 9.59 Å². The van der Waals surface area contributed by atoms with Gasteiger partial charge in [-0.15, -0.1) is 0 Å². The van der Waals surface area contributed by atoms with Crippen LogP contribution in [0.4, 0.5) is 0 Å². The number of carbonyl (C=O) groups excluding carboxylic acids is 2. The Labute approximate surface area is 152 Å². The Hall–Kier alpha value is -2.86. The van der Waals surface area contributed by atoms with Gasteiger partial charge in [-0.05, 0) is 23.8 Å². The van der Waals surface area contributed by atoms with E-state index in [4.69, 9.17) is 5.73 Å². The number of rotatable bonds is 7. The van der Waals surface area contributed by atoms with E-state index < -0.39 is 11.5 Å². The molecule has 0 saturated carbocycles. The minimum Gasteiger partial charge on any atom is -0.504 e. The van der Waals surface area contributed by atoms with Gasteiger partial charge in [0.05, 0.1) is 12.5 Å². The summed E-state index contributed by atoms with van der Waals surface area (Å²) in [6.45, 7) is 3.81. The van der Waals surface area contributed by atoms with Gasteiger partial charge >= 0.3 is 0 Å². The van der Waals surface area contributed by atoms with Crippen LogP contribution in [0.5, 0.6) is 11.5 Å². The molecule has 0 aliphatic carbocycles. The molecule has 2 aromatic carbocycles. The number of hydrogen-bond acceptors (Lipinski definition) is 5. The smallest absolute Gasteiger partial charge is 0.224 e. The molecule has 1 unspecified atom stereocenters. The number of Topliss-reactive ketones (excluding diaryl/α,β-unsaturated/α-hetero) is 1. The zero-order valence-corrected chi connectivity index (χ0v) is 14.9. The fourth-order valence-corrected chi connectivity index (χ4v) is 2.49. The molecule has 0 bridgehead atoms. The van der Waals surface area contributed by atoms with Crippen LogP contribution in [0.1, 0.15) is 29.8 Å². The fraction of sp³-hybridized carbons (Fsp3) is 0.300. The summed E-state index contributed by atoms with van der Waals surface area (Å²) in [5.74, 6) is -1.20. The second-order valence-electron chi connectivity index (χ2n) is 6.97. The van der Waals surface area contributed by atoms with Crippen molar-refractivity contribution >= 4 is 11.7 Å². The van der Waals surface area contributed by atoms with Gasteiger partial charge in [-0.1, -0.05) is 44.2 Å². The maximum absolute atomic E-state index is 12.6. The zero-order valence-electron chi connectivity index (χ0n) is 14.9. The average Bonchev–Trinajstić information content (AvgIpc) is 2.62. The highest BCUT2D eigenvalue weighted by Crippen LogP contribution is 2.27. The van der Waals surface area contributed by atoms with E-state index >= 15 is 0 Å². The Morgan fingerprint density at radius 2 is 1.73 bits per heavy atom. The minimum atomic E-state index is -0.886. The van der Waals surface area contributed by atoms with Gasteiger partial charge < -0.3 is 21.3 Å². The molecule has 0 aromatic heterocycles. The number of aromatic hydroxyl groups is 2. The summed E-state index contributed by atoms with van der Waals surface area (Å²) in [5, 5.41) is 21.7. The number of carbonyl (C=O) groups is 2. The lowest BCUT2D eigenvalue weighted by Crippen LogP contribution is -2.50. The van der Waals surface area contributed by atoms with Crippen LogP contribution in [0.3, 0.4) is 0 Å². The molecule has 138 valence electrons. The van der Waals surface area contributed by atoms with Crippen LogP contribution in [0.15, 0.2) is 48.5 Å². The molecule has 1 atom stereocenters. The molecule has 2 aromatic rings. The summed E-state index contributed by atoms with van der Waals surface area (Å²) >= 11 is 0. The van der Waals surface area contributed by atoms with E-state index in [2.05, 4.69) is 5.32 Å². The van der Waals surface area contributed by atoms with Crippen LogP contribution in [-0.2, 0) is 11.2 Å². The topological polar surface area (TPSA) is 113 Å². The molecule has 1 amide bonds. The van der Waals surface area contributed by atoms with Crippen molar-refractivity contribution in [1.82, 2.24) is 5.32 Å². The van der Waals surface area contributed by atoms with Gasteiger partial charge in [0.25, 0.3) is 0 Å². The van der Waals surface area contributed by atoms with Gasteiger partial charge in [-0.25, -0.2) is 0 Å². The van der Waals surface area contributed by atoms with Crippen molar-refractivity contribution in [2.24, 2.45) is 11.1 Å². The van der Waals surface area contributed by atoms with E-state index in [9.17, 15) is 19.8 Å². The van der Waals surface area contributed by atoms with E-state index in [1.54, 1.807) is 13.8 Å². The molecule has 5 N–H and O–H groups in total. The molecule has 0 radical (unpaired) electrons. The van der Waals surface area contributed by atoms with Crippen LogP contribution in [0, 0.1) is 5.41 Å². The van der Waals surface area contributed by atoms with E-state index in [0.717, 1.165) is 5.56 Å². The quantitative estimate of drug-likeness (QED) is 0.448. The van der Waals surface area contributed by atoms with E-state index in [0.29, 0.717) is 0 Å². The van der Waals surface area contributed by atoms with E-state index in [1.165, 1.54) is 18.2 Å². The normalized spacial score (nSPS) is 12.4. The molecule has 0 spiro atoms. The van der Waals surface area contributed by atoms with E-state index in [-0.39, 0.29) is 41.7 Å². The summed E-state index contributed by atoms with van der Waals surface area (Å²) < 4.78 is 0. The lowest BCUT2D eigenvalue weighted by molar-refractivity contribution is -0.120. The highest BCUT2D eigenvalue weighted by Gasteiger charge is 2.33. The van der Waals surface area contributed by atoms with Crippen molar-refractivity contribution < 1.29 is 19.8 Å². The third-order valence-corrected chi connectivity index (χ3v) is 4.33. The Kier molecular flexibility index (Phi) is 6.00. The SMILES string of the molecule is CC(C)(CNC(=O)Cc1ccccc1)C(N)C(=O)c1ccc(O)c(O)c1. The van der Waals surface area contributed by atoms with Crippen LogP contribution in [0.25, 0.3) is 0 Å². The van der Waals surface area contributed by atoms with Crippen molar-refractivity contribution in [3.8, 4) is 11.5 Å². The Morgan fingerprint density at radius 3 is 2.35 bits per heavy atom. The number of phenolic OH excluding ortho intramolecular Hbond substituents is 2. The molecule has 26 heavy (non-hydrogen) atoms. The number of benzene rings is 2. The lowest BCUT2D eigenvalue weighted by atomic mass is 9.80. The number of amides is 1. The standard InChI is InChI=1S/C20H24N2O4/c1-20(2,12-22-17(25)10-13-6-4-3-5-7-13)19(21)18(26)14-8-9-15(23)16(24)11-14/h3-9,11,19,23-24H,10,12,21H2,1-2H3,(H,22,25). The second-order valence-corrected chi connectivity index (χ2v) is 6.97. The highest BCUT2D eigenvalue weighted by atomic mass is 16.3. The van der Waals surface area contributed by atoms with Crippen molar-refractivity contribution in [2.45, 2.75) is 26.3 Å². The first-order valence-corrected chi connectivity index (χ1v) is 8.33. The van der Waals surface area contributed by atoms with Crippen LogP contribution >= 0.6 is 0 Å². The van der Waals surface area contributed by atoms with Gasteiger partial charge in [-0.2, -0.15) is 0 Å². The van der Waals surface area contributed by atoms with Crippen molar-refractivity contribution in [3.63, 3.8) is 0 Å². The van der Waals surface area contributed by atoms with Crippen molar-refractivity contribution in [2.75, 3.05) is 6.54 Å². The predicted molar refractivity (Wildman–Crippen MR) is 99.0 cm³/mol. The molecule has 0 saturated heterocycles. The van der Waals surface area contributed by atoms with Crippen LogP contribution < -0.4 is 11.1 Å². The second kappa shape index (κ2) is 8.01. The molecular formula is C20H24N2O4. The highest BCUT2D eigenvalue weighted by molar-refractivity contribution is 6.01. The molecule has 6 nitrogen and oxygen atoms in total. The summed E-state index contributed by atoms with van der Waals surface area (Å²) in [4.78, 5) is 24.7. The first-order valence-electron chi connectivity index (χ1n) is 8.33. The third-order valence-electron chi connectivity index (χ3n) is 4.33.